The molecule has 2 aromatic heterocycles. The van der Waals surface area contributed by atoms with Crippen molar-refractivity contribution in [3.8, 4) is 0 Å². The lowest BCUT2D eigenvalue weighted by atomic mass is 10.1. The molecular weight excluding hydrogens is 248 g/mol. The van der Waals surface area contributed by atoms with Gasteiger partial charge in [0, 0.05) is 24.5 Å². The highest BCUT2D eigenvalue weighted by atomic mass is 32.1. The van der Waals surface area contributed by atoms with E-state index < -0.39 is 0 Å². The Morgan fingerprint density at radius 1 is 1.61 bits per heavy atom. The molecule has 0 saturated carbocycles. The van der Waals surface area contributed by atoms with E-state index in [9.17, 15) is 4.79 Å². The van der Waals surface area contributed by atoms with Gasteiger partial charge in [-0.05, 0) is 19.4 Å². The average molecular weight is 264 g/mol. The van der Waals surface area contributed by atoms with Gasteiger partial charge in [-0.3, -0.25) is 9.48 Å². The van der Waals surface area contributed by atoms with E-state index in [0.29, 0.717) is 12.1 Å². The van der Waals surface area contributed by atoms with Crippen molar-refractivity contribution < 1.29 is 4.79 Å². The van der Waals surface area contributed by atoms with Crippen LogP contribution in [-0.2, 0) is 13.0 Å². The number of nitrogens with zero attached hydrogens (tertiary/aromatic N) is 3. The van der Waals surface area contributed by atoms with Crippen LogP contribution in [-0.4, -0.2) is 20.5 Å². The van der Waals surface area contributed by atoms with Gasteiger partial charge in [0.05, 0.1) is 12.2 Å². The monoisotopic (exact) mass is 264 g/mol. The average Bonchev–Trinajstić information content (AvgIpc) is 2.97. The van der Waals surface area contributed by atoms with Crippen molar-refractivity contribution >= 4 is 17.1 Å². The highest BCUT2D eigenvalue weighted by molar-refractivity contribution is 7.09. The summed E-state index contributed by atoms with van der Waals surface area (Å²) in [6.07, 6.45) is 3.94. The van der Waals surface area contributed by atoms with Crippen molar-refractivity contribution in [3.05, 3.63) is 34.0 Å². The van der Waals surface area contributed by atoms with Crippen LogP contribution in [0.5, 0.6) is 0 Å². The quantitative estimate of drug-likeness (QED) is 0.836. The van der Waals surface area contributed by atoms with E-state index in [2.05, 4.69) is 10.1 Å². The maximum Gasteiger partial charge on any atom is 0.186 e. The summed E-state index contributed by atoms with van der Waals surface area (Å²) in [5, 5.41) is 6.70. The Hall–Kier alpha value is -1.53. The van der Waals surface area contributed by atoms with Gasteiger partial charge in [-0.1, -0.05) is 0 Å². The molecule has 0 aromatic carbocycles. The van der Waals surface area contributed by atoms with Crippen LogP contribution in [0.4, 0.5) is 0 Å². The zero-order valence-corrected chi connectivity index (χ0v) is 11.3. The topological polar surface area (TPSA) is 73.8 Å². The molecule has 2 heterocycles. The van der Waals surface area contributed by atoms with Crippen molar-refractivity contribution in [3.63, 3.8) is 0 Å². The summed E-state index contributed by atoms with van der Waals surface area (Å²) in [6, 6.07) is -0.126. The van der Waals surface area contributed by atoms with E-state index in [4.69, 9.17) is 5.73 Å². The fraction of sp³-hybridized carbons (Fsp3) is 0.417. The third kappa shape index (κ3) is 2.83. The van der Waals surface area contributed by atoms with E-state index in [1.165, 1.54) is 11.3 Å². The lowest BCUT2D eigenvalue weighted by Crippen LogP contribution is -2.07. The Morgan fingerprint density at radius 3 is 2.94 bits per heavy atom. The summed E-state index contributed by atoms with van der Waals surface area (Å²) in [5.74, 6) is 0.00815. The van der Waals surface area contributed by atoms with E-state index in [1.54, 1.807) is 16.3 Å². The number of ketones is 1. The van der Waals surface area contributed by atoms with Crippen molar-refractivity contribution in [2.24, 2.45) is 5.73 Å². The van der Waals surface area contributed by atoms with Crippen molar-refractivity contribution in [1.29, 1.82) is 0 Å². The molecule has 5 nitrogen and oxygen atoms in total. The molecule has 18 heavy (non-hydrogen) atoms. The first kappa shape index (κ1) is 12.9. The highest BCUT2D eigenvalue weighted by Gasteiger charge is 2.14. The fourth-order valence-corrected chi connectivity index (χ4v) is 2.35. The molecule has 6 heteroatoms. The second-order valence-corrected chi connectivity index (χ2v) is 5.05. The normalized spacial score (nSPS) is 12.6. The maximum absolute atomic E-state index is 12.0. The third-order valence-electron chi connectivity index (χ3n) is 2.57. The molecule has 0 amide bonds. The molecule has 2 aromatic rings. The molecule has 0 aliphatic carbocycles. The Morgan fingerprint density at radius 2 is 2.39 bits per heavy atom. The van der Waals surface area contributed by atoms with Gasteiger partial charge in [-0.15, -0.1) is 11.3 Å². The molecule has 1 atom stereocenters. The molecular formula is C12H16N4OS. The molecule has 0 aliphatic rings. The van der Waals surface area contributed by atoms with Crippen LogP contribution in [0.1, 0.15) is 40.9 Å². The minimum absolute atomic E-state index is 0.00815. The molecule has 2 N–H and O–H groups in total. The largest absolute Gasteiger partial charge is 0.322 e. The van der Waals surface area contributed by atoms with Gasteiger partial charge in [0.1, 0.15) is 10.7 Å². The van der Waals surface area contributed by atoms with Crippen LogP contribution in [0, 0.1) is 0 Å². The van der Waals surface area contributed by atoms with Crippen LogP contribution in [0.3, 0.4) is 0 Å². The van der Waals surface area contributed by atoms with E-state index in [-0.39, 0.29) is 11.8 Å². The van der Waals surface area contributed by atoms with Gasteiger partial charge >= 0.3 is 0 Å². The number of thiazole rings is 1. The number of Topliss-reactive ketones (excluding diaryl/α,β-unsaturated/α-hetero) is 1. The fourth-order valence-electron chi connectivity index (χ4n) is 1.57. The summed E-state index contributed by atoms with van der Waals surface area (Å²) >= 11 is 1.43. The van der Waals surface area contributed by atoms with Gasteiger partial charge in [-0.25, -0.2) is 4.98 Å². The van der Waals surface area contributed by atoms with Crippen LogP contribution < -0.4 is 5.73 Å². The summed E-state index contributed by atoms with van der Waals surface area (Å²) in [6.45, 7) is 4.67. The number of rotatable bonds is 5. The van der Waals surface area contributed by atoms with E-state index in [0.717, 1.165) is 17.1 Å². The molecule has 0 bridgehead atoms. The van der Waals surface area contributed by atoms with E-state index >= 15 is 0 Å². The summed E-state index contributed by atoms with van der Waals surface area (Å²) < 4.78 is 1.80. The molecule has 0 saturated heterocycles. The van der Waals surface area contributed by atoms with Gasteiger partial charge in [0.15, 0.2) is 5.78 Å². The minimum Gasteiger partial charge on any atom is -0.322 e. The van der Waals surface area contributed by atoms with Crippen LogP contribution >= 0.6 is 11.3 Å². The molecule has 0 spiro atoms. The number of hydrogen-bond acceptors (Lipinski definition) is 5. The molecule has 96 valence electrons. The number of hydrogen-bond donors (Lipinski definition) is 1. The Labute approximate surface area is 110 Å². The Kier molecular flexibility index (Phi) is 3.88. The van der Waals surface area contributed by atoms with Crippen molar-refractivity contribution in [2.45, 2.75) is 32.9 Å². The zero-order valence-electron chi connectivity index (χ0n) is 10.5. The first-order valence-electron chi connectivity index (χ1n) is 5.85. The molecule has 0 fully saturated rings. The second-order valence-electron chi connectivity index (χ2n) is 4.16. The number of carbonyl (C=O) groups is 1. The van der Waals surface area contributed by atoms with Crippen molar-refractivity contribution in [1.82, 2.24) is 14.8 Å². The summed E-state index contributed by atoms with van der Waals surface area (Å²) in [4.78, 5) is 16.3. The Bertz CT molecular complexity index is 544. The molecule has 0 aliphatic heterocycles. The summed E-state index contributed by atoms with van der Waals surface area (Å²) in [7, 11) is 0. The lowest BCUT2D eigenvalue weighted by molar-refractivity contribution is 0.0988. The summed E-state index contributed by atoms with van der Waals surface area (Å²) in [5.41, 5.74) is 7.14. The van der Waals surface area contributed by atoms with Crippen LogP contribution in [0.2, 0.25) is 0 Å². The highest BCUT2D eigenvalue weighted by Crippen LogP contribution is 2.17. The van der Waals surface area contributed by atoms with Gasteiger partial charge < -0.3 is 5.73 Å². The Balaban J connectivity index is 2.06. The SMILES string of the molecule is CCn1cc(CC(=O)c2csc(C(C)N)n2)cn1. The van der Waals surface area contributed by atoms with Crippen molar-refractivity contribution in [2.75, 3.05) is 0 Å². The number of carbonyl (C=O) groups excluding carboxylic acids is 1. The molecule has 0 radical (unpaired) electrons. The third-order valence-corrected chi connectivity index (χ3v) is 3.62. The van der Waals surface area contributed by atoms with Gasteiger partial charge in [-0.2, -0.15) is 5.10 Å². The first-order valence-corrected chi connectivity index (χ1v) is 6.73. The van der Waals surface area contributed by atoms with Crippen LogP contribution in [0.15, 0.2) is 17.8 Å². The number of aromatic nitrogens is 3. The maximum atomic E-state index is 12.0. The standard InChI is InChI=1S/C12H16N4OS/c1-3-16-6-9(5-14-16)4-11(17)10-7-18-12(15-10)8(2)13/h5-8H,3-4,13H2,1-2H3. The smallest absolute Gasteiger partial charge is 0.186 e. The van der Waals surface area contributed by atoms with Gasteiger partial charge in [0.2, 0.25) is 0 Å². The van der Waals surface area contributed by atoms with Gasteiger partial charge in [0.25, 0.3) is 0 Å². The van der Waals surface area contributed by atoms with Crippen LogP contribution in [0.25, 0.3) is 0 Å². The predicted octanol–water partition coefficient (Wildman–Crippen LogP) is 1.80. The predicted molar refractivity (Wildman–Crippen MR) is 70.7 cm³/mol. The second kappa shape index (κ2) is 5.41. The minimum atomic E-state index is -0.126. The zero-order chi connectivity index (χ0) is 13.1. The first-order chi connectivity index (χ1) is 8.60. The molecule has 1 unspecified atom stereocenters. The number of aryl methyl sites for hydroxylation is 1. The van der Waals surface area contributed by atoms with E-state index in [1.807, 2.05) is 20.0 Å². The molecule has 2 rings (SSSR count). The number of nitrogens with two attached hydrogens (primary N) is 1. The lowest BCUT2D eigenvalue weighted by Gasteiger charge is -1.97.